The van der Waals surface area contributed by atoms with E-state index in [0.29, 0.717) is 24.4 Å². The van der Waals surface area contributed by atoms with E-state index >= 15 is 0 Å². The molecule has 0 saturated carbocycles. The fourth-order valence-corrected chi connectivity index (χ4v) is 4.71. The first-order valence-corrected chi connectivity index (χ1v) is 11.0. The molecule has 2 heterocycles. The molecule has 0 radical (unpaired) electrons. The maximum Gasteiger partial charge on any atom is 0.233 e. The Labute approximate surface area is 171 Å². The molecule has 1 fully saturated rings. The van der Waals surface area contributed by atoms with Gasteiger partial charge in [-0.05, 0) is 64.7 Å². The predicted octanol–water partition coefficient (Wildman–Crippen LogP) is 4.07. The summed E-state index contributed by atoms with van der Waals surface area (Å²) in [6.45, 7) is 9.49. The molecule has 7 heteroatoms. The molecule has 0 N–H and O–H groups in total. The topological polar surface area (TPSA) is 60.2 Å². The molecule has 3 rings (SSSR count). The van der Waals surface area contributed by atoms with E-state index in [9.17, 15) is 4.79 Å². The molecule has 152 valence electrons. The monoisotopic (exact) mass is 402 g/mol. The molecule has 0 spiro atoms. The van der Waals surface area contributed by atoms with Crippen LogP contribution < -0.4 is 4.74 Å². The van der Waals surface area contributed by atoms with Crippen LogP contribution >= 0.6 is 11.8 Å². The smallest absolute Gasteiger partial charge is 0.233 e. The largest absolute Gasteiger partial charge is 0.486 e. The van der Waals surface area contributed by atoms with Gasteiger partial charge in [-0.15, -0.1) is 10.2 Å². The summed E-state index contributed by atoms with van der Waals surface area (Å²) in [5, 5.41) is 9.36. The number of thioether (sulfide) groups is 1. The lowest BCUT2D eigenvalue weighted by Crippen LogP contribution is -2.48. The summed E-state index contributed by atoms with van der Waals surface area (Å²) in [6.07, 6.45) is 3.38. The summed E-state index contributed by atoms with van der Waals surface area (Å²) in [7, 11) is 0. The number of likely N-dealkylation sites (tertiary alicyclic amines) is 1. The van der Waals surface area contributed by atoms with Crippen LogP contribution in [0.25, 0.3) is 0 Å². The fraction of sp³-hybridized carbons (Fsp3) is 0.571. The van der Waals surface area contributed by atoms with Crippen LogP contribution in [0.1, 0.15) is 51.4 Å². The maximum absolute atomic E-state index is 12.8. The first-order valence-electron chi connectivity index (χ1n) is 10.0. The quantitative estimate of drug-likeness (QED) is 0.654. The first-order chi connectivity index (χ1) is 13.5. The highest BCUT2D eigenvalue weighted by molar-refractivity contribution is 7.99. The van der Waals surface area contributed by atoms with Gasteiger partial charge in [0.1, 0.15) is 12.4 Å². The minimum absolute atomic E-state index is 0.188. The van der Waals surface area contributed by atoms with Gasteiger partial charge in [0.05, 0.1) is 5.75 Å². The van der Waals surface area contributed by atoms with Crippen molar-refractivity contribution in [1.82, 2.24) is 19.7 Å². The molecular weight excluding hydrogens is 372 g/mol. The molecule has 6 nitrogen and oxygen atoms in total. The number of hydrogen-bond donors (Lipinski definition) is 0. The van der Waals surface area contributed by atoms with Crippen molar-refractivity contribution in [2.45, 2.75) is 77.3 Å². The fourth-order valence-electron chi connectivity index (χ4n) is 3.82. The van der Waals surface area contributed by atoms with E-state index in [1.807, 2.05) is 40.7 Å². The Morgan fingerprint density at radius 2 is 2.00 bits per heavy atom. The Morgan fingerprint density at radius 1 is 1.25 bits per heavy atom. The van der Waals surface area contributed by atoms with Crippen molar-refractivity contribution >= 4 is 17.7 Å². The molecule has 0 bridgehead atoms. The summed E-state index contributed by atoms with van der Waals surface area (Å²) in [5.41, 5.74) is 1.16. The Balaban J connectivity index is 1.61. The van der Waals surface area contributed by atoms with Crippen LogP contribution in [-0.4, -0.2) is 43.4 Å². The predicted molar refractivity (Wildman–Crippen MR) is 112 cm³/mol. The lowest BCUT2D eigenvalue weighted by molar-refractivity contribution is -0.134. The third-order valence-electron chi connectivity index (χ3n) is 5.27. The van der Waals surface area contributed by atoms with Crippen LogP contribution in [0.4, 0.5) is 0 Å². The standard InChI is InChI=1S/C21H30N4O2S/c1-5-24-19(13-27-18-11-6-8-15(2)12-18)22-23-21(24)28-14-20(26)25-16(3)9-7-10-17(25)4/h6,8,11-12,16-17H,5,7,9-10,13-14H2,1-4H3. The third kappa shape index (κ3) is 4.87. The molecule has 2 atom stereocenters. The minimum atomic E-state index is 0.188. The van der Waals surface area contributed by atoms with E-state index in [1.165, 1.54) is 18.2 Å². The average molecular weight is 403 g/mol. The Morgan fingerprint density at radius 3 is 2.68 bits per heavy atom. The van der Waals surface area contributed by atoms with E-state index in [1.54, 1.807) is 0 Å². The number of aryl methyl sites for hydroxylation is 1. The van der Waals surface area contributed by atoms with E-state index in [-0.39, 0.29) is 5.91 Å². The van der Waals surface area contributed by atoms with Crippen LogP contribution in [-0.2, 0) is 17.9 Å². The average Bonchev–Trinajstić information content (AvgIpc) is 3.06. The van der Waals surface area contributed by atoms with Gasteiger partial charge in [-0.2, -0.15) is 0 Å². The van der Waals surface area contributed by atoms with Gasteiger partial charge in [-0.3, -0.25) is 4.79 Å². The first kappa shape index (κ1) is 20.7. The summed E-state index contributed by atoms with van der Waals surface area (Å²) >= 11 is 1.46. The molecule has 1 aliphatic rings. The van der Waals surface area contributed by atoms with Gasteiger partial charge in [0, 0.05) is 18.6 Å². The normalized spacial score (nSPS) is 19.6. The maximum atomic E-state index is 12.8. The number of amides is 1. The molecule has 1 aromatic heterocycles. The third-order valence-corrected chi connectivity index (χ3v) is 6.22. The number of nitrogens with zero attached hydrogens (tertiary/aromatic N) is 4. The van der Waals surface area contributed by atoms with Crippen LogP contribution in [0, 0.1) is 6.92 Å². The zero-order valence-electron chi connectivity index (χ0n) is 17.2. The van der Waals surface area contributed by atoms with E-state index in [4.69, 9.17) is 4.74 Å². The second kappa shape index (κ2) is 9.45. The summed E-state index contributed by atoms with van der Waals surface area (Å²) in [5.74, 6) is 2.18. The molecule has 1 aromatic carbocycles. The second-order valence-electron chi connectivity index (χ2n) is 7.47. The van der Waals surface area contributed by atoms with Gasteiger partial charge in [-0.1, -0.05) is 23.9 Å². The van der Waals surface area contributed by atoms with Crippen molar-refractivity contribution in [3.05, 3.63) is 35.7 Å². The van der Waals surface area contributed by atoms with Crippen molar-refractivity contribution < 1.29 is 9.53 Å². The summed E-state index contributed by atoms with van der Waals surface area (Å²) in [4.78, 5) is 14.8. The highest BCUT2D eigenvalue weighted by Crippen LogP contribution is 2.25. The van der Waals surface area contributed by atoms with Crippen molar-refractivity contribution in [2.75, 3.05) is 5.75 Å². The van der Waals surface area contributed by atoms with Gasteiger partial charge in [-0.25, -0.2) is 0 Å². The number of rotatable bonds is 7. The molecule has 2 unspecified atom stereocenters. The Kier molecular flexibility index (Phi) is 6.99. The van der Waals surface area contributed by atoms with Crippen LogP contribution in [0.3, 0.4) is 0 Å². The highest BCUT2D eigenvalue weighted by atomic mass is 32.2. The number of aromatic nitrogens is 3. The lowest BCUT2D eigenvalue weighted by Gasteiger charge is -2.39. The van der Waals surface area contributed by atoms with E-state index in [2.05, 4.69) is 31.0 Å². The summed E-state index contributed by atoms with van der Waals surface area (Å²) < 4.78 is 7.89. The van der Waals surface area contributed by atoms with Crippen LogP contribution in [0.2, 0.25) is 0 Å². The molecule has 0 aliphatic carbocycles. The van der Waals surface area contributed by atoms with E-state index in [0.717, 1.165) is 41.7 Å². The zero-order chi connectivity index (χ0) is 20.1. The van der Waals surface area contributed by atoms with Gasteiger partial charge >= 0.3 is 0 Å². The minimum Gasteiger partial charge on any atom is -0.486 e. The SMILES string of the molecule is CCn1c(COc2cccc(C)c2)nnc1SCC(=O)N1C(C)CCCC1C. The van der Waals surface area contributed by atoms with Gasteiger partial charge < -0.3 is 14.2 Å². The molecule has 1 amide bonds. The Bertz CT molecular complexity index is 797. The van der Waals surface area contributed by atoms with Crippen molar-refractivity contribution in [3.63, 3.8) is 0 Å². The number of carbonyl (C=O) groups is 1. The van der Waals surface area contributed by atoms with Crippen molar-refractivity contribution in [3.8, 4) is 5.75 Å². The zero-order valence-corrected chi connectivity index (χ0v) is 18.0. The van der Waals surface area contributed by atoms with Gasteiger partial charge in [0.2, 0.25) is 5.91 Å². The van der Waals surface area contributed by atoms with Crippen LogP contribution in [0.5, 0.6) is 5.75 Å². The number of hydrogen-bond acceptors (Lipinski definition) is 5. The molecular formula is C21H30N4O2S. The number of carbonyl (C=O) groups excluding carboxylic acids is 1. The molecule has 2 aromatic rings. The van der Waals surface area contributed by atoms with Gasteiger partial charge in [0.15, 0.2) is 11.0 Å². The Hall–Kier alpha value is -2.02. The lowest BCUT2D eigenvalue weighted by atomic mass is 9.98. The second-order valence-corrected chi connectivity index (χ2v) is 8.41. The van der Waals surface area contributed by atoms with Crippen LogP contribution in [0.15, 0.2) is 29.4 Å². The van der Waals surface area contributed by atoms with Gasteiger partial charge in [0.25, 0.3) is 0 Å². The number of benzene rings is 1. The summed E-state index contributed by atoms with van der Waals surface area (Å²) in [6, 6.07) is 8.59. The number of piperidine rings is 1. The van der Waals surface area contributed by atoms with Crippen molar-refractivity contribution in [1.29, 1.82) is 0 Å². The van der Waals surface area contributed by atoms with Crippen molar-refractivity contribution in [2.24, 2.45) is 0 Å². The molecule has 1 saturated heterocycles. The molecule has 28 heavy (non-hydrogen) atoms. The number of ether oxygens (including phenoxy) is 1. The van der Waals surface area contributed by atoms with E-state index < -0.39 is 0 Å². The molecule has 1 aliphatic heterocycles. The highest BCUT2D eigenvalue weighted by Gasteiger charge is 2.29.